The lowest BCUT2D eigenvalue weighted by molar-refractivity contribution is 0.101. The lowest BCUT2D eigenvalue weighted by Crippen LogP contribution is -2.29. The molecule has 1 N–H and O–H groups in total. The minimum atomic E-state index is -0.872. The van der Waals surface area contributed by atoms with Crippen LogP contribution in [0.15, 0.2) is 12.1 Å². The number of carbonyl (C=O) groups excluding carboxylic acids is 1. The molecule has 72 valence electrons. The van der Waals surface area contributed by atoms with Crippen molar-refractivity contribution in [3.8, 4) is 0 Å². The summed E-state index contributed by atoms with van der Waals surface area (Å²) in [5.41, 5.74) is 3.29. The van der Waals surface area contributed by atoms with Crippen molar-refractivity contribution in [3.63, 3.8) is 0 Å². The van der Waals surface area contributed by atoms with E-state index in [1.165, 1.54) is 6.92 Å². The van der Waals surface area contributed by atoms with Crippen LogP contribution in [0.4, 0.5) is 0 Å². The van der Waals surface area contributed by atoms with Gasteiger partial charge in [-0.1, -0.05) is 12.1 Å². The van der Waals surface area contributed by atoms with Gasteiger partial charge in [0.15, 0.2) is 5.78 Å². The molecule has 0 atom stereocenters. The van der Waals surface area contributed by atoms with Gasteiger partial charge in [-0.05, 0) is 30.4 Å². The van der Waals surface area contributed by atoms with E-state index in [0.29, 0.717) is 12.2 Å². The normalized spacial score (nSPS) is 14.4. The van der Waals surface area contributed by atoms with Crippen LogP contribution < -0.4 is 5.46 Å². The van der Waals surface area contributed by atoms with Gasteiger partial charge in [0, 0.05) is 5.56 Å². The Bertz CT molecular complexity index is 401. The molecule has 0 fully saturated rings. The molecule has 0 unspecified atom stereocenters. The number of Topliss-reactive ketones (excluding diaryl/α,β-unsaturated/α-hetero) is 1. The zero-order valence-corrected chi connectivity index (χ0v) is 8.20. The van der Waals surface area contributed by atoms with E-state index in [9.17, 15) is 9.82 Å². The number of carbonyl (C=O) groups is 1. The predicted molar refractivity (Wildman–Crippen MR) is 53.6 cm³/mol. The Kier molecular flexibility index (Phi) is 2.17. The molecule has 4 heteroatoms. The molecule has 0 bridgehead atoms. The fraction of sp³-hybridized carbons (Fsp3) is 0.300. The second-order valence-electron chi connectivity index (χ2n) is 3.59. The molecule has 1 aliphatic heterocycles. The Morgan fingerprint density at radius 3 is 2.93 bits per heavy atom. The third-order valence-electron chi connectivity index (χ3n) is 2.53. The standard InChI is InChI=1S/C10H11BO3/c1-6-3-8-5-14-11(13)10(8)4-9(6)7(2)12/h3-4,13H,5H2,1-2H3. The number of hydrogen-bond donors (Lipinski definition) is 1. The molecule has 0 aromatic heterocycles. The van der Waals surface area contributed by atoms with Crippen molar-refractivity contribution in [2.75, 3.05) is 0 Å². The number of rotatable bonds is 1. The van der Waals surface area contributed by atoms with Crippen LogP contribution in [0.3, 0.4) is 0 Å². The number of aryl methyl sites for hydroxylation is 1. The zero-order valence-electron chi connectivity index (χ0n) is 8.20. The van der Waals surface area contributed by atoms with Gasteiger partial charge >= 0.3 is 7.12 Å². The van der Waals surface area contributed by atoms with E-state index in [1.54, 1.807) is 6.07 Å². The molecular weight excluding hydrogens is 179 g/mol. The van der Waals surface area contributed by atoms with Crippen LogP contribution in [0, 0.1) is 6.92 Å². The summed E-state index contributed by atoms with van der Waals surface area (Å²) >= 11 is 0. The molecule has 0 spiro atoms. The van der Waals surface area contributed by atoms with Crippen molar-refractivity contribution >= 4 is 18.4 Å². The van der Waals surface area contributed by atoms with Crippen molar-refractivity contribution in [1.82, 2.24) is 0 Å². The van der Waals surface area contributed by atoms with Crippen molar-refractivity contribution < 1.29 is 14.5 Å². The third kappa shape index (κ3) is 1.36. The largest absolute Gasteiger partial charge is 0.491 e. The first-order valence-electron chi connectivity index (χ1n) is 4.53. The van der Waals surface area contributed by atoms with Gasteiger partial charge in [0.05, 0.1) is 6.61 Å². The quantitative estimate of drug-likeness (QED) is 0.515. The first-order chi connectivity index (χ1) is 6.59. The van der Waals surface area contributed by atoms with Gasteiger partial charge in [0.25, 0.3) is 0 Å². The summed E-state index contributed by atoms with van der Waals surface area (Å²) in [6.07, 6.45) is 0. The Labute approximate surface area is 82.8 Å². The van der Waals surface area contributed by atoms with Gasteiger partial charge in [-0.25, -0.2) is 0 Å². The maximum Gasteiger partial charge on any atom is 0.491 e. The molecule has 3 nitrogen and oxygen atoms in total. The molecule has 1 aliphatic rings. The van der Waals surface area contributed by atoms with Gasteiger partial charge in [0.2, 0.25) is 0 Å². The fourth-order valence-corrected chi connectivity index (χ4v) is 1.78. The fourth-order valence-electron chi connectivity index (χ4n) is 1.78. The second-order valence-corrected chi connectivity index (χ2v) is 3.59. The minimum Gasteiger partial charge on any atom is -0.423 e. The minimum absolute atomic E-state index is 0.0180. The molecule has 0 radical (unpaired) electrons. The van der Waals surface area contributed by atoms with Crippen LogP contribution in [0.25, 0.3) is 0 Å². The van der Waals surface area contributed by atoms with Gasteiger partial charge in [-0.3, -0.25) is 4.79 Å². The Morgan fingerprint density at radius 2 is 2.29 bits per heavy atom. The van der Waals surface area contributed by atoms with Gasteiger partial charge in [0.1, 0.15) is 0 Å². The average Bonchev–Trinajstić information content (AvgIpc) is 2.46. The van der Waals surface area contributed by atoms with E-state index in [2.05, 4.69) is 0 Å². The van der Waals surface area contributed by atoms with Crippen LogP contribution in [-0.4, -0.2) is 17.9 Å². The summed E-state index contributed by atoms with van der Waals surface area (Å²) in [5.74, 6) is 0.0180. The van der Waals surface area contributed by atoms with Crippen LogP contribution >= 0.6 is 0 Å². The third-order valence-corrected chi connectivity index (χ3v) is 2.53. The summed E-state index contributed by atoms with van der Waals surface area (Å²) in [7, 11) is -0.872. The van der Waals surface area contributed by atoms with Gasteiger partial charge < -0.3 is 9.68 Å². The monoisotopic (exact) mass is 190 g/mol. The molecule has 0 amide bonds. The van der Waals surface area contributed by atoms with E-state index in [0.717, 1.165) is 16.6 Å². The van der Waals surface area contributed by atoms with E-state index in [1.807, 2.05) is 13.0 Å². The molecule has 1 heterocycles. The van der Waals surface area contributed by atoms with E-state index < -0.39 is 7.12 Å². The van der Waals surface area contributed by atoms with E-state index >= 15 is 0 Å². The summed E-state index contributed by atoms with van der Waals surface area (Å²) < 4.78 is 5.06. The van der Waals surface area contributed by atoms with Crippen molar-refractivity contribution in [3.05, 3.63) is 28.8 Å². The molecule has 0 saturated heterocycles. The summed E-state index contributed by atoms with van der Waals surface area (Å²) in [6, 6.07) is 3.63. The Morgan fingerprint density at radius 1 is 1.57 bits per heavy atom. The Hall–Kier alpha value is -1.13. The summed E-state index contributed by atoms with van der Waals surface area (Å²) in [6.45, 7) is 3.84. The molecule has 1 aromatic carbocycles. The van der Waals surface area contributed by atoms with Gasteiger partial charge in [-0.2, -0.15) is 0 Å². The molecular formula is C10H11BO3. The molecule has 0 aliphatic carbocycles. The molecule has 0 saturated carbocycles. The SMILES string of the molecule is CC(=O)c1cc2c(cc1C)COB2O. The average molecular weight is 190 g/mol. The lowest BCUT2D eigenvalue weighted by atomic mass is 9.77. The summed E-state index contributed by atoms with van der Waals surface area (Å²) in [4.78, 5) is 11.3. The number of fused-ring (bicyclic) bond motifs is 1. The van der Waals surface area contributed by atoms with Crippen LogP contribution in [0.1, 0.15) is 28.4 Å². The highest BCUT2D eigenvalue weighted by atomic mass is 16.5. The van der Waals surface area contributed by atoms with Crippen molar-refractivity contribution in [2.45, 2.75) is 20.5 Å². The number of benzene rings is 1. The predicted octanol–water partition coefficient (Wildman–Crippen LogP) is 0.415. The summed E-state index contributed by atoms with van der Waals surface area (Å²) in [5, 5.41) is 9.44. The number of ketones is 1. The lowest BCUT2D eigenvalue weighted by Gasteiger charge is -2.05. The first-order valence-corrected chi connectivity index (χ1v) is 4.53. The van der Waals surface area contributed by atoms with Crippen LogP contribution in [0.5, 0.6) is 0 Å². The highest BCUT2D eigenvalue weighted by molar-refractivity contribution is 6.61. The number of hydrogen-bond acceptors (Lipinski definition) is 3. The van der Waals surface area contributed by atoms with Crippen molar-refractivity contribution in [2.24, 2.45) is 0 Å². The zero-order chi connectivity index (χ0) is 10.3. The van der Waals surface area contributed by atoms with Crippen LogP contribution in [0.2, 0.25) is 0 Å². The maximum atomic E-state index is 11.3. The topological polar surface area (TPSA) is 46.5 Å². The first kappa shape index (κ1) is 9.43. The van der Waals surface area contributed by atoms with E-state index in [4.69, 9.17) is 4.65 Å². The molecule has 1 aromatic rings. The van der Waals surface area contributed by atoms with Crippen LogP contribution in [-0.2, 0) is 11.3 Å². The van der Waals surface area contributed by atoms with Gasteiger partial charge in [-0.15, -0.1) is 0 Å². The van der Waals surface area contributed by atoms with E-state index in [-0.39, 0.29) is 5.78 Å². The molecule has 2 rings (SSSR count). The Balaban J connectivity index is 2.57. The highest BCUT2D eigenvalue weighted by Gasteiger charge is 2.28. The smallest absolute Gasteiger partial charge is 0.423 e. The highest BCUT2D eigenvalue weighted by Crippen LogP contribution is 2.15. The maximum absolute atomic E-state index is 11.3. The molecule has 14 heavy (non-hydrogen) atoms. The van der Waals surface area contributed by atoms with Crippen molar-refractivity contribution in [1.29, 1.82) is 0 Å². The second kappa shape index (κ2) is 3.22.